The van der Waals surface area contributed by atoms with E-state index >= 15 is 0 Å². The van der Waals surface area contributed by atoms with E-state index in [4.69, 9.17) is 20.2 Å². The number of benzene rings is 1. The summed E-state index contributed by atoms with van der Waals surface area (Å²) in [6.45, 7) is 3.84. The summed E-state index contributed by atoms with van der Waals surface area (Å²) in [6, 6.07) is 5.71. The molecule has 1 aromatic carbocycles. The lowest BCUT2D eigenvalue weighted by Gasteiger charge is -2.33. The average molecular weight is 425 g/mol. The molecule has 4 rings (SSSR count). The number of ether oxygens (including phenoxy) is 2. The van der Waals surface area contributed by atoms with E-state index in [0.29, 0.717) is 36.8 Å². The molecule has 1 fully saturated rings. The Hall–Kier alpha value is -3.36. The van der Waals surface area contributed by atoms with Gasteiger partial charge >= 0.3 is 0 Å². The van der Waals surface area contributed by atoms with Crippen LogP contribution in [0.1, 0.15) is 31.4 Å². The lowest BCUT2D eigenvalue weighted by atomic mass is 9.91. The number of rotatable bonds is 6. The van der Waals surface area contributed by atoms with Gasteiger partial charge in [0.1, 0.15) is 12.7 Å². The summed E-state index contributed by atoms with van der Waals surface area (Å²) in [5, 5.41) is 5.00. The Balaban J connectivity index is 1.46. The highest BCUT2D eigenvalue weighted by Crippen LogP contribution is 2.36. The minimum Gasteiger partial charge on any atom is -0.493 e. The molecular formula is C22H28N6O3. The molecule has 0 saturated carbocycles. The molecule has 0 radical (unpaired) electrons. The van der Waals surface area contributed by atoms with Crippen LogP contribution < -0.4 is 15.2 Å². The van der Waals surface area contributed by atoms with Crippen molar-refractivity contribution in [3.63, 3.8) is 0 Å². The molecule has 9 nitrogen and oxygen atoms in total. The second-order valence-electron chi connectivity index (χ2n) is 7.98. The summed E-state index contributed by atoms with van der Waals surface area (Å²) in [7, 11) is 3.22. The van der Waals surface area contributed by atoms with Gasteiger partial charge in [-0.3, -0.25) is 14.5 Å². The fourth-order valence-electron chi connectivity index (χ4n) is 4.23. The SMILES string of the molecule is COc1cc2cc(N)c(C3CCN(C(=O)[C@H](C)Cn4cncn4)CC3)nc2cc1OC. The number of pyridine rings is 1. The van der Waals surface area contributed by atoms with E-state index in [1.165, 1.54) is 6.33 Å². The number of anilines is 1. The number of carbonyl (C=O) groups is 1. The topological polar surface area (TPSA) is 108 Å². The molecule has 1 atom stereocenters. The maximum atomic E-state index is 12.8. The van der Waals surface area contributed by atoms with Crippen molar-refractivity contribution >= 4 is 22.5 Å². The van der Waals surface area contributed by atoms with Gasteiger partial charge in [0.05, 0.1) is 43.6 Å². The van der Waals surface area contributed by atoms with Crippen LogP contribution in [0.4, 0.5) is 5.69 Å². The summed E-state index contributed by atoms with van der Waals surface area (Å²) >= 11 is 0. The van der Waals surface area contributed by atoms with Crippen molar-refractivity contribution in [2.24, 2.45) is 5.92 Å². The number of piperidine rings is 1. The van der Waals surface area contributed by atoms with Crippen LogP contribution in [0.25, 0.3) is 10.9 Å². The van der Waals surface area contributed by atoms with Crippen LogP contribution in [0.5, 0.6) is 11.5 Å². The number of nitrogen functional groups attached to an aromatic ring is 1. The Morgan fingerprint density at radius 3 is 2.55 bits per heavy atom. The standard InChI is InChI=1S/C22H28N6O3/c1-14(11-28-13-24-12-25-28)22(29)27-6-4-15(5-7-27)21-17(23)8-16-9-19(30-2)20(31-3)10-18(16)26-21/h8-10,12-15H,4-7,11,23H2,1-3H3/t14-/m1/s1. The van der Waals surface area contributed by atoms with Crippen molar-refractivity contribution in [1.82, 2.24) is 24.6 Å². The molecule has 9 heteroatoms. The smallest absolute Gasteiger partial charge is 0.227 e. The predicted octanol–water partition coefficient (Wildman–Crippen LogP) is 2.47. The van der Waals surface area contributed by atoms with Gasteiger partial charge in [0.2, 0.25) is 5.91 Å². The van der Waals surface area contributed by atoms with Crippen LogP contribution in [0.2, 0.25) is 0 Å². The zero-order valence-electron chi connectivity index (χ0n) is 18.1. The minimum atomic E-state index is -0.149. The third-order valence-electron chi connectivity index (χ3n) is 5.92. The number of hydrogen-bond acceptors (Lipinski definition) is 7. The number of fused-ring (bicyclic) bond motifs is 1. The second-order valence-corrected chi connectivity index (χ2v) is 7.98. The van der Waals surface area contributed by atoms with Gasteiger partial charge in [0.25, 0.3) is 0 Å². The van der Waals surface area contributed by atoms with Crippen LogP contribution in [0.3, 0.4) is 0 Å². The normalized spacial score (nSPS) is 15.8. The molecule has 164 valence electrons. The van der Waals surface area contributed by atoms with Crippen LogP contribution in [0, 0.1) is 5.92 Å². The maximum absolute atomic E-state index is 12.8. The Kier molecular flexibility index (Phi) is 5.92. The number of hydrogen-bond donors (Lipinski definition) is 1. The Morgan fingerprint density at radius 1 is 1.19 bits per heavy atom. The summed E-state index contributed by atoms with van der Waals surface area (Å²) in [5.74, 6) is 1.50. The largest absolute Gasteiger partial charge is 0.493 e. The number of aromatic nitrogens is 4. The fraction of sp³-hybridized carbons (Fsp3) is 0.455. The molecule has 31 heavy (non-hydrogen) atoms. The first-order valence-electron chi connectivity index (χ1n) is 10.4. The van der Waals surface area contributed by atoms with E-state index in [2.05, 4.69) is 10.1 Å². The predicted molar refractivity (Wildman–Crippen MR) is 117 cm³/mol. The lowest BCUT2D eigenvalue weighted by molar-refractivity contribution is -0.136. The summed E-state index contributed by atoms with van der Waals surface area (Å²) in [4.78, 5) is 23.6. The molecule has 1 amide bonds. The van der Waals surface area contributed by atoms with Gasteiger partial charge in [-0.15, -0.1) is 0 Å². The van der Waals surface area contributed by atoms with Gasteiger partial charge in [0, 0.05) is 30.5 Å². The molecule has 2 aromatic heterocycles. The number of methoxy groups -OCH3 is 2. The number of amides is 1. The highest BCUT2D eigenvalue weighted by atomic mass is 16.5. The highest BCUT2D eigenvalue weighted by molar-refractivity contribution is 5.86. The van der Waals surface area contributed by atoms with Crippen molar-refractivity contribution in [1.29, 1.82) is 0 Å². The molecule has 3 aromatic rings. The number of carbonyl (C=O) groups excluding carboxylic acids is 1. The van der Waals surface area contributed by atoms with Crippen molar-refractivity contribution in [2.75, 3.05) is 33.0 Å². The Morgan fingerprint density at radius 2 is 1.90 bits per heavy atom. The van der Waals surface area contributed by atoms with Crippen molar-refractivity contribution in [3.05, 3.63) is 36.5 Å². The van der Waals surface area contributed by atoms with Gasteiger partial charge in [0.15, 0.2) is 11.5 Å². The van der Waals surface area contributed by atoms with Crippen molar-refractivity contribution < 1.29 is 14.3 Å². The van der Waals surface area contributed by atoms with Gasteiger partial charge in [-0.25, -0.2) is 4.98 Å². The van der Waals surface area contributed by atoms with Crippen molar-refractivity contribution in [2.45, 2.75) is 32.2 Å². The Bertz CT molecular complexity index is 1060. The van der Waals surface area contributed by atoms with E-state index in [1.54, 1.807) is 25.2 Å². The van der Waals surface area contributed by atoms with E-state index in [0.717, 1.165) is 29.4 Å². The van der Waals surface area contributed by atoms with Crippen LogP contribution in [-0.2, 0) is 11.3 Å². The first kappa shape index (κ1) is 20.9. The van der Waals surface area contributed by atoms with Crippen LogP contribution in [0.15, 0.2) is 30.9 Å². The zero-order valence-corrected chi connectivity index (χ0v) is 18.1. The van der Waals surface area contributed by atoms with Gasteiger partial charge in [-0.1, -0.05) is 6.92 Å². The first-order chi connectivity index (χ1) is 15.0. The molecule has 0 aliphatic carbocycles. The zero-order chi connectivity index (χ0) is 22.0. The molecule has 1 aliphatic rings. The summed E-state index contributed by atoms with van der Waals surface area (Å²) in [6.07, 6.45) is 4.78. The van der Waals surface area contributed by atoms with E-state index in [1.807, 2.05) is 30.0 Å². The molecule has 2 N–H and O–H groups in total. The minimum absolute atomic E-state index is 0.144. The van der Waals surface area contributed by atoms with Gasteiger partial charge in [-0.2, -0.15) is 5.10 Å². The average Bonchev–Trinajstić information content (AvgIpc) is 3.30. The quantitative estimate of drug-likeness (QED) is 0.647. The van der Waals surface area contributed by atoms with Crippen molar-refractivity contribution in [3.8, 4) is 11.5 Å². The molecular weight excluding hydrogens is 396 g/mol. The number of likely N-dealkylation sites (tertiary alicyclic amines) is 1. The van der Waals surface area contributed by atoms with E-state index < -0.39 is 0 Å². The third-order valence-corrected chi connectivity index (χ3v) is 5.92. The third kappa shape index (κ3) is 4.26. The number of nitrogens with zero attached hydrogens (tertiary/aromatic N) is 5. The molecule has 0 unspecified atom stereocenters. The first-order valence-corrected chi connectivity index (χ1v) is 10.4. The number of nitrogens with two attached hydrogens (primary N) is 1. The summed E-state index contributed by atoms with van der Waals surface area (Å²) in [5.41, 5.74) is 8.75. The Labute approximate surface area is 181 Å². The van der Waals surface area contributed by atoms with Gasteiger partial charge in [-0.05, 0) is 25.0 Å². The van der Waals surface area contributed by atoms with E-state index in [9.17, 15) is 4.79 Å². The van der Waals surface area contributed by atoms with E-state index in [-0.39, 0.29) is 17.7 Å². The highest BCUT2D eigenvalue weighted by Gasteiger charge is 2.28. The molecule has 1 saturated heterocycles. The fourth-order valence-corrected chi connectivity index (χ4v) is 4.23. The maximum Gasteiger partial charge on any atom is 0.227 e. The second kappa shape index (κ2) is 8.79. The monoisotopic (exact) mass is 424 g/mol. The molecule has 1 aliphatic heterocycles. The van der Waals surface area contributed by atoms with Gasteiger partial charge < -0.3 is 20.1 Å². The molecule has 3 heterocycles. The van der Waals surface area contributed by atoms with Crippen LogP contribution in [-0.4, -0.2) is 57.9 Å². The van der Waals surface area contributed by atoms with Crippen LogP contribution >= 0.6 is 0 Å². The lowest BCUT2D eigenvalue weighted by Crippen LogP contribution is -2.41. The molecule has 0 bridgehead atoms. The molecule has 0 spiro atoms. The summed E-state index contributed by atoms with van der Waals surface area (Å²) < 4.78 is 12.5.